The van der Waals surface area contributed by atoms with Crippen LogP contribution in [-0.4, -0.2) is 55.3 Å². The van der Waals surface area contributed by atoms with Gasteiger partial charge in [0.15, 0.2) is 0 Å². The minimum atomic E-state index is -0.441. The molecule has 2 aliphatic rings. The number of hydrogen-bond donors (Lipinski definition) is 2. The lowest BCUT2D eigenvalue weighted by atomic mass is 9.78. The average molecular weight is 430 g/mol. The monoisotopic (exact) mass is 429 g/mol. The summed E-state index contributed by atoms with van der Waals surface area (Å²) in [6, 6.07) is 9.65. The quantitative estimate of drug-likeness (QED) is 0.658. The summed E-state index contributed by atoms with van der Waals surface area (Å²) in [5.41, 5.74) is 0.615. The third-order valence-electron chi connectivity index (χ3n) is 5.99. The second-order valence-electron chi connectivity index (χ2n) is 7.84. The van der Waals surface area contributed by atoms with Crippen molar-refractivity contribution in [2.75, 3.05) is 49.6 Å². The zero-order chi connectivity index (χ0) is 20.8. The number of amides is 1. The maximum Gasteiger partial charge on any atom is 0.230 e. The van der Waals surface area contributed by atoms with E-state index in [1.54, 1.807) is 6.33 Å². The smallest absolute Gasteiger partial charge is 0.230 e. The number of aromatic nitrogens is 2. The van der Waals surface area contributed by atoms with Crippen molar-refractivity contribution >= 4 is 29.1 Å². The van der Waals surface area contributed by atoms with Crippen molar-refractivity contribution < 1.29 is 9.53 Å². The third kappa shape index (κ3) is 4.68. The number of morpholine rings is 1. The lowest BCUT2D eigenvalue weighted by Gasteiger charge is -2.28. The second-order valence-corrected chi connectivity index (χ2v) is 8.28. The normalized spacial score (nSPS) is 18.2. The number of nitrogens with one attached hydrogen (secondary N) is 2. The number of halogens is 1. The standard InChI is InChI=1S/C22H28ClN5O2/c23-18-5-3-17(4-6-18)22(7-1-2-8-22)21(29)25-10-9-24-19-15-20(27-16-26-19)28-11-13-30-14-12-28/h3-6,15-16H,1-2,7-14H2,(H,25,29)(H,24,26,27). The molecule has 1 aliphatic heterocycles. The SMILES string of the molecule is O=C(NCCNc1cc(N2CCOCC2)ncn1)C1(c2ccc(Cl)cc2)CCCC1. The first-order chi connectivity index (χ1) is 14.7. The molecule has 2 N–H and O–H groups in total. The molecule has 4 rings (SSSR count). The van der Waals surface area contributed by atoms with E-state index in [-0.39, 0.29) is 5.91 Å². The topological polar surface area (TPSA) is 79.4 Å². The molecule has 1 amide bonds. The number of nitrogens with zero attached hydrogens (tertiary/aromatic N) is 3. The number of rotatable bonds is 7. The number of carbonyl (C=O) groups is 1. The van der Waals surface area contributed by atoms with Gasteiger partial charge in [-0.3, -0.25) is 4.79 Å². The molecule has 2 fully saturated rings. The Bertz CT molecular complexity index is 849. The first-order valence-electron chi connectivity index (χ1n) is 10.6. The van der Waals surface area contributed by atoms with Crippen LogP contribution in [0.5, 0.6) is 0 Å². The predicted octanol–water partition coefficient (Wildman–Crippen LogP) is 3.01. The van der Waals surface area contributed by atoms with Crippen LogP contribution in [0.2, 0.25) is 5.02 Å². The fourth-order valence-electron chi connectivity index (χ4n) is 4.34. The van der Waals surface area contributed by atoms with Crippen LogP contribution < -0.4 is 15.5 Å². The van der Waals surface area contributed by atoms with E-state index in [1.165, 1.54) is 0 Å². The Labute approximate surface area is 182 Å². The Morgan fingerprint density at radius 3 is 2.57 bits per heavy atom. The van der Waals surface area contributed by atoms with Crippen molar-refractivity contribution in [3.8, 4) is 0 Å². The van der Waals surface area contributed by atoms with Crippen LogP contribution in [0.1, 0.15) is 31.2 Å². The fourth-order valence-corrected chi connectivity index (χ4v) is 4.47. The van der Waals surface area contributed by atoms with E-state index in [0.29, 0.717) is 31.3 Å². The van der Waals surface area contributed by atoms with Gasteiger partial charge in [-0.2, -0.15) is 0 Å². The van der Waals surface area contributed by atoms with Crippen molar-refractivity contribution in [2.24, 2.45) is 0 Å². The lowest BCUT2D eigenvalue weighted by molar-refractivity contribution is -0.126. The molecule has 1 saturated carbocycles. The summed E-state index contributed by atoms with van der Waals surface area (Å²) in [6.07, 6.45) is 5.46. The molecule has 2 heterocycles. The van der Waals surface area contributed by atoms with Crippen LogP contribution in [0.15, 0.2) is 36.7 Å². The van der Waals surface area contributed by atoms with Gasteiger partial charge >= 0.3 is 0 Å². The molecule has 1 aromatic carbocycles. The Morgan fingerprint density at radius 1 is 1.10 bits per heavy atom. The van der Waals surface area contributed by atoms with Crippen LogP contribution in [0.3, 0.4) is 0 Å². The molecule has 0 bridgehead atoms. The van der Waals surface area contributed by atoms with Crippen LogP contribution in [0, 0.1) is 0 Å². The molecule has 160 valence electrons. The van der Waals surface area contributed by atoms with Gasteiger partial charge in [-0.1, -0.05) is 36.6 Å². The molecule has 2 aromatic rings. The minimum Gasteiger partial charge on any atom is -0.378 e. The second kappa shape index (κ2) is 9.62. The molecule has 1 aromatic heterocycles. The first-order valence-corrected chi connectivity index (χ1v) is 11.0. The first kappa shape index (κ1) is 20.9. The zero-order valence-electron chi connectivity index (χ0n) is 17.1. The molecule has 0 atom stereocenters. The van der Waals surface area contributed by atoms with Gasteiger partial charge in [0.05, 0.1) is 18.6 Å². The fraction of sp³-hybridized carbons (Fsp3) is 0.500. The Balaban J connectivity index is 1.31. The van der Waals surface area contributed by atoms with Crippen molar-refractivity contribution in [1.82, 2.24) is 15.3 Å². The van der Waals surface area contributed by atoms with Gasteiger partial charge in [-0.25, -0.2) is 9.97 Å². The molecule has 7 nitrogen and oxygen atoms in total. The average Bonchev–Trinajstić information content (AvgIpc) is 3.29. The van der Waals surface area contributed by atoms with Gasteiger partial charge in [0.2, 0.25) is 5.91 Å². The Hall–Kier alpha value is -2.38. The van der Waals surface area contributed by atoms with Crippen molar-refractivity contribution in [3.63, 3.8) is 0 Å². The largest absolute Gasteiger partial charge is 0.378 e. The Morgan fingerprint density at radius 2 is 1.83 bits per heavy atom. The Kier molecular flexibility index (Phi) is 6.69. The zero-order valence-corrected chi connectivity index (χ0v) is 17.8. The van der Waals surface area contributed by atoms with E-state index in [2.05, 4.69) is 25.5 Å². The summed E-state index contributed by atoms with van der Waals surface area (Å²) in [7, 11) is 0. The van der Waals surface area contributed by atoms with E-state index in [0.717, 1.165) is 56.0 Å². The summed E-state index contributed by atoms with van der Waals surface area (Å²) in [4.78, 5) is 24.0. The number of carbonyl (C=O) groups excluding carboxylic acids is 1. The van der Waals surface area contributed by atoms with Gasteiger partial charge in [0.25, 0.3) is 0 Å². The molecular weight excluding hydrogens is 402 g/mol. The van der Waals surface area contributed by atoms with Gasteiger partial charge in [0, 0.05) is 37.3 Å². The molecular formula is C22H28ClN5O2. The van der Waals surface area contributed by atoms with E-state index in [4.69, 9.17) is 16.3 Å². The van der Waals surface area contributed by atoms with Gasteiger partial charge in [-0.15, -0.1) is 0 Å². The van der Waals surface area contributed by atoms with Gasteiger partial charge in [-0.05, 0) is 30.5 Å². The molecule has 0 unspecified atom stereocenters. The summed E-state index contributed by atoms with van der Waals surface area (Å²) in [5, 5.41) is 7.10. The lowest BCUT2D eigenvalue weighted by Crippen LogP contribution is -2.44. The molecule has 0 radical (unpaired) electrons. The summed E-state index contributed by atoms with van der Waals surface area (Å²) < 4.78 is 5.39. The van der Waals surface area contributed by atoms with E-state index >= 15 is 0 Å². The number of ether oxygens (including phenoxy) is 1. The molecule has 1 aliphatic carbocycles. The molecule has 1 saturated heterocycles. The third-order valence-corrected chi connectivity index (χ3v) is 6.24. The minimum absolute atomic E-state index is 0.0980. The van der Waals surface area contributed by atoms with E-state index in [1.807, 2.05) is 30.3 Å². The van der Waals surface area contributed by atoms with E-state index < -0.39 is 5.41 Å². The molecule has 30 heavy (non-hydrogen) atoms. The van der Waals surface area contributed by atoms with Crippen LogP contribution >= 0.6 is 11.6 Å². The highest BCUT2D eigenvalue weighted by Crippen LogP contribution is 2.41. The highest BCUT2D eigenvalue weighted by molar-refractivity contribution is 6.30. The predicted molar refractivity (Wildman–Crippen MR) is 118 cm³/mol. The number of benzene rings is 1. The summed E-state index contributed by atoms with van der Waals surface area (Å²) >= 11 is 6.04. The maximum absolute atomic E-state index is 13.1. The van der Waals surface area contributed by atoms with Crippen molar-refractivity contribution in [3.05, 3.63) is 47.2 Å². The molecule has 0 spiro atoms. The highest BCUT2D eigenvalue weighted by Gasteiger charge is 2.42. The summed E-state index contributed by atoms with van der Waals surface area (Å²) in [6.45, 7) is 4.23. The maximum atomic E-state index is 13.1. The van der Waals surface area contributed by atoms with Crippen LogP contribution in [0.25, 0.3) is 0 Å². The number of anilines is 2. The molecule has 8 heteroatoms. The van der Waals surface area contributed by atoms with E-state index in [9.17, 15) is 4.79 Å². The number of hydrogen-bond acceptors (Lipinski definition) is 6. The van der Waals surface area contributed by atoms with Crippen LogP contribution in [0.4, 0.5) is 11.6 Å². The van der Waals surface area contributed by atoms with Gasteiger partial charge in [0.1, 0.15) is 18.0 Å². The van der Waals surface area contributed by atoms with Crippen molar-refractivity contribution in [1.29, 1.82) is 0 Å². The van der Waals surface area contributed by atoms with Crippen molar-refractivity contribution in [2.45, 2.75) is 31.1 Å². The summed E-state index contributed by atoms with van der Waals surface area (Å²) in [5.74, 6) is 1.75. The van der Waals surface area contributed by atoms with Crippen LogP contribution in [-0.2, 0) is 14.9 Å². The highest BCUT2D eigenvalue weighted by atomic mass is 35.5. The van der Waals surface area contributed by atoms with Gasteiger partial charge < -0.3 is 20.3 Å².